The highest BCUT2D eigenvalue weighted by Crippen LogP contribution is 2.21. The maximum atomic E-state index is 5.85. The van der Waals surface area contributed by atoms with E-state index in [2.05, 4.69) is 30.4 Å². The van der Waals surface area contributed by atoms with E-state index in [1.807, 2.05) is 24.3 Å². The van der Waals surface area contributed by atoms with Gasteiger partial charge >= 0.3 is 0 Å². The molecule has 0 spiro atoms. The fraction of sp³-hybridized carbons (Fsp3) is 0.444. The summed E-state index contributed by atoms with van der Waals surface area (Å²) in [6.45, 7) is 4.14. The van der Waals surface area contributed by atoms with Gasteiger partial charge in [-0.3, -0.25) is 0 Å². The van der Waals surface area contributed by atoms with E-state index < -0.39 is 0 Å². The second-order valence-electron chi connectivity index (χ2n) is 5.22. The molecule has 0 bridgehead atoms. The molecule has 108 valence electrons. The molecule has 0 aliphatic carbocycles. The molecule has 0 amide bonds. The van der Waals surface area contributed by atoms with E-state index in [9.17, 15) is 0 Å². The van der Waals surface area contributed by atoms with Crippen LogP contribution in [0.5, 0.6) is 0 Å². The fourth-order valence-corrected chi connectivity index (χ4v) is 2.30. The van der Waals surface area contributed by atoms with Crippen molar-refractivity contribution in [2.24, 2.45) is 0 Å². The third-order valence-electron chi connectivity index (χ3n) is 3.48. The minimum atomic E-state index is 0.820. The van der Waals surface area contributed by atoms with Crippen LogP contribution < -0.4 is 5.32 Å². The van der Waals surface area contributed by atoms with Crippen LogP contribution in [-0.2, 0) is 6.54 Å². The zero-order valence-corrected chi connectivity index (χ0v) is 12.4. The fourth-order valence-electron chi connectivity index (χ4n) is 2.30. The lowest BCUT2D eigenvalue weighted by atomic mass is 10.1. The maximum Gasteiger partial charge on any atom is 0.134 e. The largest absolute Gasteiger partial charge is 0.460 e. The van der Waals surface area contributed by atoms with Gasteiger partial charge in [-0.25, -0.2) is 0 Å². The maximum absolute atomic E-state index is 5.85. The zero-order valence-electron chi connectivity index (χ0n) is 12.4. The minimum Gasteiger partial charge on any atom is -0.460 e. The van der Waals surface area contributed by atoms with Gasteiger partial charge in [-0.1, -0.05) is 62.9 Å². The van der Waals surface area contributed by atoms with Gasteiger partial charge in [0.1, 0.15) is 11.5 Å². The molecule has 0 aliphatic heterocycles. The third-order valence-corrected chi connectivity index (χ3v) is 3.48. The highest BCUT2D eigenvalue weighted by molar-refractivity contribution is 5.57. The summed E-state index contributed by atoms with van der Waals surface area (Å²) in [5.41, 5.74) is 1.14. The van der Waals surface area contributed by atoms with Crippen LogP contribution in [0, 0.1) is 0 Å². The van der Waals surface area contributed by atoms with Crippen LogP contribution in [0.15, 0.2) is 46.9 Å². The standard InChI is InChI=1S/C18H25NO/c1-2-3-4-5-9-14-19-15-17-12-13-18(20-17)16-10-7-6-8-11-16/h6-8,10-13,19H,2-5,9,14-15H2,1H3. The van der Waals surface area contributed by atoms with Crippen LogP contribution in [0.3, 0.4) is 0 Å². The Morgan fingerprint density at radius 3 is 2.50 bits per heavy atom. The number of nitrogens with one attached hydrogen (secondary N) is 1. The lowest BCUT2D eigenvalue weighted by Crippen LogP contribution is -2.14. The normalized spacial score (nSPS) is 10.8. The average Bonchev–Trinajstić information content (AvgIpc) is 2.96. The van der Waals surface area contributed by atoms with Gasteiger partial charge in [0, 0.05) is 5.56 Å². The molecule has 0 unspecified atom stereocenters. The van der Waals surface area contributed by atoms with Gasteiger partial charge in [0.25, 0.3) is 0 Å². The lowest BCUT2D eigenvalue weighted by molar-refractivity contribution is 0.486. The van der Waals surface area contributed by atoms with Gasteiger partial charge in [0.05, 0.1) is 6.54 Å². The Kier molecular flexibility index (Phi) is 6.39. The number of furan rings is 1. The number of rotatable bonds is 9. The molecule has 2 nitrogen and oxygen atoms in total. The summed E-state index contributed by atoms with van der Waals surface area (Å²) in [6.07, 6.45) is 6.61. The summed E-state index contributed by atoms with van der Waals surface area (Å²) in [4.78, 5) is 0. The van der Waals surface area contributed by atoms with Crippen LogP contribution >= 0.6 is 0 Å². The summed E-state index contributed by atoms with van der Waals surface area (Å²) in [7, 11) is 0. The number of hydrogen-bond acceptors (Lipinski definition) is 2. The average molecular weight is 271 g/mol. The first kappa shape index (κ1) is 14.9. The first-order valence-electron chi connectivity index (χ1n) is 7.75. The predicted octanol–water partition coefficient (Wildman–Crippen LogP) is 5.01. The van der Waals surface area contributed by atoms with Crippen molar-refractivity contribution >= 4 is 0 Å². The number of unbranched alkanes of at least 4 members (excludes halogenated alkanes) is 4. The molecular weight excluding hydrogens is 246 g/mol. The zero-order chi connectivity index (χ0) is 14.0. The molecular formula is C18H25NO. The Morgan fingerprint density at radius 2 is 1.70 bits per heavy atom. The Bertz CT molecular complexity index is 475. The number of hydrogen-bond donors (Lipinski definition) is 1. The van der Waals surface area contributed by atoms with E-state index in [0.29, 0.717) is 0 Å². The number of benzene rings is 1. The molecule has 0 fully saturated rings. The van der Waals surface area contributed by atoms with Gasteiger partial charge in [-0.2, -0.15) is 0 Å². The smallest absolute Gasteiger partial charge is 0.134 e. The minimum absolute atomic E-state index is 0.820. The second-order valence-corrected chi connectivity index (χ2v) is 5.22. The van der Waals surface area contributed by atoms with E-state index in [-0.39, 0.29) is 0 Å². The molecule has 0 atom stereocenters. The molecule has 1 N–H and O–H groups in total. The van der Waals surface area contributed by atoms with Crippen molar-refractivity contribution in [1.29, 1.82) is 0 Å². The lowest BCUT2D eigenvalue weighted by Gasteiger charge is -2.02. The summed E-state index contributed by atoms with van der Waals surface area (Å²) >= 11 is 0. The van der Waals surface area contributed by atoms with Crippen LogP contribution in [0.4, 0.5) is 0 Å². The first-order valence-corrected chi connectivity index (χ1v) is 7.75. The van der Waals surface area contributed by atoms with Crippen molar-refractivity contribution in [3.63, 3.8) is 0 Å². The molecule has 0 radical (unpaired) electrons. The molecule has 2 aromatic rings. The Balaban J connectivity index is 1.69. The van der Waals surface area contributed by atoms with E-state index in [1.54, 1.807) is 0 Å². The third kappa shape index (κ3) is 4.86. The van der Waals surface area contributed by atoms with Crippen molar-refractivity contribution in [1.82, 2.24) is 5.32 Å². The van der Waals surface area contributed by atoms with E-state index >= 15 is 0 Å². The Morgan fingerprint density at radius 1 is 0.900 bits per heavy atom. The van der Waals surface area contributed by atoms with E-state index in [1.165, 1.54) is 32.1 Å². The van der Waals surface area contributed by atoms with Gasteiger partial charge in [0.2, 0.25) is 0 Å². The van der Waals surface area contributed by atoms with Crippen molar-refractivity contribution in [2.75, 3.05) is 6.54 Å². The molecule has 1 aromatic carbocycles. The van der Waals surface area contributed by atoms with Gasteiger partial charge in [-0.15, -0.1) is 0 Å². The van der Waals surface area contributed by atoms with Crippen molar-refractivity contribution in [3.05, 3.63) is 48.2 Å². The summed E-state index contributed by atoms with van der Waals surface area (Å²) in [6, 6.07) is 14.3. The van der Waals surface area contributed by atoms with Crippen LogP contribution in [0.2, 0.25) is 0 Å². The van der Waals surface area contributed by atoms with Gasteiger partial charge in [0.15, 0.2) is 0 Å². The van der Waals surface area contributed by atoms with Crippen molar-refractivity contribution < 1.29 is 4.42 Å². The van der Waals surface area contributed by atoms with Crippen LogP contribution in [0.1, 0.15) is 44.8 Å². The monoisotopic (exact) mass is 271 g/mol. The van der Waals surface area contributed by atoms with E-state index in [4.69, 9.17) is 4.42 Å². The van der Waals surface area contributed by atoms with Crippen LogP contribution in [0.25, 0.3) is 11.3 Å². The predicted molar refractivity (Wildman–Crippen MR) is 84.6 cm³/mol. The SMILES string of the molecule is CCCCCCCNCc1ccc(-c2ccccc2)o1. The molecule has 1 aromatic heterocycles. The van der Waals surface area contributed by atoms with Crippen LogP contribution in [-0.4, -0.2) is 6.54 Å². The summed E-state index contributed by atoms with van der Waals surface area (Å²) < 4.78 is 5.85. The highest BCUT2D eigenvalue weighted by Gasteiger charge is 2.03. The topological polar surface area (TPSA) is 25.2 Å². The Labute approximate surface area is 122 Å². The Hall–Kier alpha value is -1.54. The molecule has 0 aliphatic rings. The van der Waals surface area contributed by atoms with Gasteiger partial charge < -0.3 is 9.73 Å². The molecule has 2 heteroatoms. The first-order chi connectivity index (χ1) is 9.90. The molecule has 1 heterocycles. The van der Waals surface area contributed by atoms with Crippen molar-refractivity contribution in [2.45, 2.75) is 45.6 Å². The quantitative estimate of drug-likeness (QED) is 0.649. The van der Waals surface area contributed by atoms with E-state index in [0.717, 1.165) is 30.2 Å². The molecule has 0 saturated carbocycles. The molecule has 2 rings (SSSR count). The summed E-state index contributed by atoms with van der Waals surface area (Å²) in [5.74, 6) is 1.96. The second kappa shape index (κ2) is 8.60. The molecule has 0 saturated heterocycles. The van der Waals surface area contributed by atoms with Gasteiger partial charge in [-0.05, 0) is 25.1 Å². The molecule has 20 heavy (non-hydrogen) atoms. The van der Waals surface area contributed by atoms with Crippen molar-refractivity contribution in [3.8, 4) is 11.3 Å². The summed E-state index contributed by atoms with van der Waals surface area (Å²) in [5, 5.41) is 3.45. The highest BCUT2D eigenvalue weighted by atomic mass is 16.3.